The second kappa shape index (κ2) is 76.4. The first kappa shape index (κ1) is 88.4. The van der Waals surface area contributed by atoms with Gasteiger partial charge in [-0.25, -0.2) is 4.57 Å². The molecule has 0 aliphatic heterocycles. The fraction of sp³-hybridized carbons (Fsp3) is 0.639. The highest BCUT2D eigenvalue weighted by Gasteiger charge is 2.26. The zero-order chi connectivity index (χ0) is 67.2. The Balaban J connectivity index is 3.93. The van der Waals surface area contributed by atoms with Crippen LogP contribution in [0.2, 0.25) is 0 Å². The lowest BCUT2D eigenvalue weighted by Gasteiger charge is -2.19. The summed E-state index contributed by atoms with van der Waals surface area (Å²) in [4.78, 5) is 35.4. The van der Waals surface area contributed by atoms with E-state index < -0.39 is 26.5 Å². The Labute approximate surface area is 571 Å². The van der Waals surface area contributed by atoms with Crippen molar-refractivity contribution >= 4 is 19.8 Å². The lowest BCUT2D eigenvalue weighted by molar-refractivity contribution is -0.161. The molecule has 0 bridgehead atoms. The SMILES string of the molecule is CC/C=C\C/C=C\C/C=C\C/C=C\C/C=C\C/C=C\C/C=C\C/C=C\C/C=C\C/C=C\CCCCCCC(=O)OC(COC(=O)CCCCCCCCCCCCCCCCCCCCCCCCCC/C=C\C/C=C\C/C=C\C/C=C\CC)COP(=O)(O)OCCN. The molecule has 0 aromatic rings. The molecule has 0 aliphatic carbocycles. The van der Waals surface area contributed by atoms with Crippen molar-refractivity contribution < 1.29 is 37.6 Å². The van der Waals surface area contributed by atoms with Crippen molar-refractivity contribution in [2.24, 2.45) is 5.73 Å². The third-order valence-electron chi connectivity index (χ3n) is 15.6. The average molecular weight is 1310 g/mol. The van der Waals surface area contributed by atoms with Gasteiger partial charge in [0.15, 0.2) is 6.10 Å². The van der Waals surface area contributed by atoms with Crippen molar-refractivity contribution in [3.63, 3.8) is 0 Å². The quantitative estimate of drug-likeness (QED) is 0.0264. The molecule has 0 aromatic carbocycles. The minimum absolute atomic E-state index is 0.0419. The van der Waals surface area contributed by atoms with Gasteiger partial charge in [0.2, 0.25) is 0 Å². The lowest BCUT2D eigenvalue weighted by atomic mass is 10.0. The van der Waals surface area contributed by atoms with Crippen LogP contribution in [0.5, 0.6) is 0 Å². The number of carbonyl (C=O) groups excluding carboxylic acids is 2. The Morgan fingerprint density at radius 2 is 0.559 bits per heavy atom. The Kier molecular flexibility index (Phi) is 72.6. The molecular formula is C83H138NO8P. The maximum atomic E-state index is 12.8. The van der Waals surface area contributed by atoms with Gasteiger partial charge in [-0.05, 0) is 128 Å². The van der Waals surface area contributed by atoms with E-state index in [2.05, 4.69) is 184 Å². The maximum Gasteiger partial charge on any atom is 0.472 e. The number of rotatable bonds is 69. The van der Waals surface area contributed by atoms with E-state index in [1.807, 2.05) is 0 Å². The van der Waals surface area contributed by atoms with Crippen LogP contribution in [0, 0.1) is 0 Å². The molecular weight excluding hydrogens is 1170 g/mol. The summed E-state index contributed by atoms with van der Waals surface area (Å²) < 4.78 is 33.2. The van der Waals surface area contributed by atoms with Crippen molar-refractivity contribution in [3.8, 4) is 0 Å². The number of allylic oxidation sites excluding steroid dienone is 28. The molecule has 0 aromatic heterocycles. The van der Waals surface area contributed by atoms with Crippen molar-refractivity contribution in [3.05, 3.63) is 170 Å². The molecule has 0 heterocycles. The maximum absolute atomic E-state index is 12.8. The molecule has 0 fully saturated rings. The number of carbonyl (C=O) groups is 2. The lowest BCUT2D eigenvalue weighted by Crippen LogP contribution is -2.29. The number of hydrogen-bond donors (Lipinski definition) is 2. The van der Waals surface area contributed by atoms with Crippen LogP contribution in [0.4, 0.5) is 0 Å². The van der Waals surface area contributed by atoms with Gasteiger partial charge in [-0.15, -0.1) is 0 Å². The first-order chi connectivity index (χ1) is 45.8. The molecule has 2 unspecified atom stereocenters. The van der Waals surface area contributed by atoms with E-state index in [4.69, 9.17) is 24.3 Å². The van der Waals surface area contributed by atoms with Gasteiger partial charge in [-0.1, -0.05) is 338 Å². The predicted molar refractivity (Wildman–Crippen MR) is 403 cm³/mol. The largest absolute Gasteiger partial charge is 0.472 e. The van der Waals surface area contributed by atoms with Crippen LogP contribution in [0.3, 0.4) is 0 Å². The summed E-state index contributed by atoms with van der Waals surface area (Å²) in [5.41, 5.74) is 5.41. The summed E-state index contributed by atoms with van der Waals surface area (Å²) in [5, 5.41) is 0. The third kappa shape index (κ3) is 76.3. The predicted octanol–water partition coefficient (Wildman–Crippen LogP) is 25.3. The molecule has 2 atom stereocenters. The van der Waals surface area contributed by atoms with Gasteiger partial charge in [-0.3, -0.25) is 18.6 Å². The molecule has 0 amide bonds. The number of hydrogen-bond acceptors (Lipinski definition) is 8. The fourth-order valence-electron chi connectivity index (χ4n) is 10.1. The van der Waals surface area contributed by atoms with E-state index in [1.165, 1.54) is 141 Å². The highest BCUT2D eigenvalue weighted by atomic mass is 31.2. The molecule has 0 rings (SSSR count). The van der Waals surface area contributed by atoms with Gasteiger partial charge in [0.25, 0.3) is 0 Å². The second-order valence-electron chi connectivity index (χ2n) is 24.4. The zero-order valence-electron chi connectivity index (χ0n) is 59.4. The summed E-state index contributed by atoms with van der Waals surface area (Å²) in [7, 11) is -4.41. The second-order valence-corrected chi connectivity index (χ2v) is 25.9. The first-order valence-electron chi connectivity index (χ1n) is 37.6. The summed E-state index contributed by atoms with van der Waals surface area (Å²) in [6, 6.07) is 0. The normalized spacial score (nSPS) is 13.9. The molecule has 3 N–H and O–H groups in total. The molecule has 9 nitrogen and oxygen atoms in total. The Morgan fingerprint density at radius 1 is 0.323 bits per heavy atom. The summed E-state index contributed by atoms with van der Waals surface area (Å²) in [6.45, 7) is 3.50. The van der Waals surface area contributed by atoms with Gasteiger partial charge < -0.3 is 20.1 Å². The number of nitrogens with two attached hydrogens (primary N) is 1. The van der Waals surface area contributed by atoms with E-state index in [1.54, 1.807) is 0 Å². The monoisotopic (exact) mass is 1310 g/mol. The standard InChI is InChI=1S/C83H138NO8P/c1-3-5-7-9-11-13-15-17-19-21-23-25-27-29-31-33-35-37-39-40-42-43-45-47-49-51-53-55-57-59-61-63-65-67-69-71-73-75-82(85)89-79-81(80-91-93(87,88)90-78-77-84)92-83(86)76-74-72-70-68-66-64-62-60-58-56-54-52-50-48-46-44-41-38-36-34-32-30-28-26-24-22-20-18-16-14-12-10-8-6-4-2/h5-8,11-14,17-20,23-26,30,32,36,38,44,46,50,52,56,58,62,64,81H,3-4,9-10,15-16,21-22,27-29,31,33-35,37,39-43,45,47-49,51,53-55,57,59-61,63,65-80,84H2,1-2H3,(H,87,88)/b7-5-,8-6-,13-11-,14-12-,19-17-,20-18-,25-23-,26-24-,32-30-,38-36-,46-44-,52-50-,58-56-,64-62-. The van der Waals surface area contributed by atoms with E-state index in [-0.39, 0.29) is 38.6 Å². The Bertz CT molecular complexity index is 2140. The highest BCUT2D eigenvalue weighted by molar-refractivity contribution is 7.47. The highest BCUT2D eigenvalue weighted by Crippen LogP contribution is 2.43. The van der Waals surface area contributed by atoms with Crippen LogP contribution in [0.1, 0.15) is 309 Å². The summed E-state index contributed by atoms with van der Waals surface area (Å²) in [6.07, 6.45) is 113. The van der Waals surface area contributed by atoms with E-state index in [9.17, 15) is 19.0 Å². The number of unbranched alkanes of at least 4 members (excludes halogenated alkanes) is 28. The molecule has 0 saturated heterocycles. The molecule has 93 heavy (non-hydrogen) atoms. The number of ether oxygens (including phenoxy) is 2. The van der Waals surface area contributed by atoms with E-state index in [0.717, 1.165) is 135 Å². The van der Waals surface area contributed by atoms with Crippen molar-refractivity contribution in [2.75, 3.05) is 26.4 Å². The minimum atomic E-state index is -4.41. The van der Waals surface area contributed by atoms with Crippen molar-refractivity contribution in [2.45, 2.75) is 315 Å². The molecule has 0 radical (unpaired) electrons. The first-order valence-corrected chi connectivity index (χ1v) is 39.1. The van der Waals surface area contributed by atoms with Crippen LogP contribution in [-0.2, 0) is 32.7 Å². The minimum Gasteiger partial charge on any atom is -0.462 e. The van der Waals surface area contributed by atoms with Gasteiger partial charge in [-0.2, -0.15) is 0 Å². The third-order valence-corrected chi connectivity index (χ3v) is 16.6. The number of phosphoric acid groups is 1. The summed E-state index contributed by atoms with van der Waals surface area (Å²) in [5.74, 6) is -0.857. The van der Waals surface area contributed by atoms with Crippen LogP contribution in [-0.4, -0.2) is 49.3 Å². The van der Waals surface area contributed by atoms with Crippen LogP contribution < -0.4 is 5.73 Å². The van der Waals surface area contributed by atoms with Crippen LogP contribution >= 0.6 is 7.82 Å². The summed E-state index contributed by atoms with van der Waals surface area (Å²) >= 11 is 0. The van der Waals surface area contributed by atoms with Gasteiger partial charge >= 0.3 is 19.8 Å². The Morgan fingerprint density at radius 3 is 0.828 bits per heavy atom. The van der Waals surface area contributed by atoms with Gasteiger partial charge in [0.05, 0.1) is 13.2 Å². The topological polar surface area (TPSA) is 134 Å². The smallest absolute Gasteiger partial charge is 0.462 e. The van der Waals surface area contributed by atoms with Crippen LogP contribution in [0.25, 0.3) is 0 Å². The molecule has 0 spiro atoms. The van der Waals surface area contributed by atoms with Crippen molar-refractivity contribution in [1.82, 2.24) is 0 Å². The fourth-order valence-corrected chi connectivity index (χ4v) is 10.9. The van der Waals surface area contributed by atoms with E-state index >= 15 is 0 Å². The molecule has 0 saturated carbocycles. The number of esters is 2. The van der Waals surface area contributed by atoms with Crippen LogP contribution in [0.15, 0.2) is 170 Å². The molecule has 10 heteroatoms. The zero-order valence-corrected chi connectivity index (χ0v) is 60.3. The van der Waals surface area contributed by atoms with Crippen molar-refractivity contribution in [1.29, 1.82) is 0 Å². The molecule has 0 aliphatic rings. The molecule has 528 valence electrons. The average Bonchev–Trinajstić information content (AvgIpc) is 3.70. The van der Waals surface area contributed by atoms with Gasteiger partial charge in [0.1, 0.15) is 6.61 Å². The Hall–Kier alpha value is -4.63. The number of phosphoric ester groups is 1. The van der Waals surface area contributed by atoms with Gasteiger partial charge in [0, 0.05) is 19.4 Å². The van der Waals surface area contributed by atoms with E-state index in [0.29, 0.717) is 6.42 Å².